The number of benzene rings is 1. The molecule has 1 aliphatic heterocycles. The van der Waals surface area contributed by atoms with E-state index < -0.39 is 17.7 Å². The van der Waals surface area contributed by atoms with Gasteiger partial charge in [-0.05, 0) is 42.4 Å². The van der Waals surface area contributed by atoms with E-state index in [0.29, 0.717) is 18.7 Å². The summed E-state index contributed by atoms with van der Waals surface area (Å²) >= 11 is -0.204. The molecule has 4 nitrogen and oxygen atoms in total. The van der Waals surface area contributed by atoms with Crippen LogP contribution in [0.15, 0.2) is 29.2 Å². The number of hydrogen-bond acceptors (Lipinski definition) is 4. The molecule has 8 heteroatoms. The van der Waals surface area contributed by atoms with Crippen molar-refractivity contribution in [2.24, 2.45) is 0 Å². The van der Waals surface area contributed by atoms with Gasteiger partial charge in [0.25, 0.3) is 0 Å². The fourth-order valence-corrected chi connectivity index (χ4v) is 2.43. The molecular weight excluding hydrogens is 293 g/mol. The van der Waals surface area contributed by atoms with Gasteiger partial charge in [0.05, 0.1) is 12.1 Å². The fraction of sp³-hybridized carbons (Fsp3) is 0.417. The van der Waals surface area contributed by atoms with Crippen LogP contribution in [0.3, 0.4) is 0 Å². The molecule has 0 aliphatic carbocycles. The van der Waals surface area contributed by atoms with E-state index in [1.54, 1.807) is 0 Å². The van der Waals surface area contributed by atoms with Crippen molar-refractivity contribution in [1.82, 2.24) is 5.32 Å². The summed E-state index contributed by atoms with van der Waals surface area (Å²) in [4.78, 5) is 11.9. The zero-order valence-electron chi connectivity index (χ0n) is 10.3. The molecule has 1 heterocycles. The van der Waals surface area contributed by atoms with Crippen LogP contribution in [0.25, 0.3) is 0 Å². The summed E-state index contributed by atoms with van der Waals surface area (Å²) in [5.41, 5.74) is -3.90. The van der Waals surface area contributed by atoms with E-state index in [0.717, 1.165) is 0 Å². The largest absolute Gasteiger partial charge is 0.446 e. The van der Waals surface area contributed by atoms with Crippen molar-refractivity contribution in [3.8, 4) is 0 Å². The van der Waals surface area contributed by atoms with Crippen molar-refractivity contribution in [1.29, 1.82) is 0 Å². The second-order valence-corrected chi connectivity index (χ2v) is 5.55. The molecule has 20 heavy (non-hydrogen) atoms. The van der Waals surface area contributed by atoms with Gasteiger partial charge in [-0.3, -0.25) is 4.79 Å². The molecule has 1 aromatic rings. The first kappa shape index (κ1) is 15.1. The third kappa shape index (κ3) is 4.39. The van der Waals surface area contributed by atoms with Crippen LogP contribution in [-0.2, 0) is 4.79 Å². The molecule has 1 fully saturated rings. The van der Waals surface area contributed by atoms with Crippen molar-refractivity contribution >= 4 is 23.4 Å². The lowest BCUT2D eigenvalue weighted by Crippen LogP contribution is -2.35. The lowest BCUT2D eigenvalue weighted by molar-refractivity contribution is -0.117. The summed E-state index contributed by atoms with van der Waals surface area (Å²) < 4.78 is 36.5. The summed E-state index contributed by atoms with van der Waals surface area (Å²) in [6, 6.07) is 4.94. The number of hydrogen-bond donors (Lipinski definition) is 3. The van der Waals surface area contributed by atoms with Crippen molar-refractivity contribution in [3.63, 3.8) is 0 Å². The molecule has 3 N–H and O–H groups in total. The standard InChI is InChI=1S/C12H13F3N2O2S/c13-12(14,15)20-9-3-1-7(2-4-9)17-11(19)10-5-8(18)6-16-10/h1-4,8,10,16,18H,5-6H2,(H,17,19). The number of amides is 1. The van der Waals surface area contributed by atoms with Gasteiger partial charge >= 0.3 is 5.51 Å². The maximum absolute atomic E-state index is 12.2. The van der Waals surface area contributed by atoms with Gasteiger partial charge in [-0.2, -0.15) is 13.2 Å². The van der Waals surface area contributed by atoms with Gasteiger partial charge in [0.1, 0.15) is 0 Å². The number of alkyl halides is 3. The van der Waals surface area contributed by atoms with Crippen molar-refractivity contribution in [2.45, 2.75) is 29.0 Å². The molecule has 1 aromatic carbocycles. The average Bonchev–Trinajstić information content (AvgIpc) is 2.77. The van der Waals surface area contributed by atoms with Crippen molar-refractivity contribution < 1.29 is 23.1 Å². The molecule has 1 saturated heterocycles. The van der Waals surface area contributed by atoms with E-state index in [1.165, 1.54) is 24.3 Å². The Morgan fingerprint density at radius 3 is 2.50 bits per heavy atom. The van der Waals surface area contributed by atoms with E-state index in [9.17, 15) is 23.1 Å². The van der Waals surface area contributed by atoms with Crippen molar-refractivity contribution in [3.05, 3.63) is 24.3 Å². The highest BCUT2D eigenvalue weighted by molar-refractivity contribution is 8.00. The Labute approximate surface area is 117 Å². The number of rotatable bonds is 3. The highest BCUT2D eigenvalue weighted by Crippen LogP contribution is 2.37. The van der Waals surface area contributed by atoms with E-state index >= 15 is 0 Å². The predicted molar refractivity (Wildman–Crippen MR) is 69.4 cm³/mol. The number of β-amino-alcohol motifs (C(OH)–C–C–N with tert-alkyl or cyclic N) is 1. The van der Waals surface area contributed by atoms with Gasteiger partial charge in [0.15, 0.2) is 0 Å². The van der Waals surface area contributed by atoms with Gasteiger partial charge in [-0.1, -0.05) is 0 Å². The summed E-state index contributed by atoms with van der Waals surface area (Å²) in [6.45, 7) is 0.360. The van der Waals surface area contributed by atoms with Crippen LogP contribution in [0.4, 0.5) is 18.9 Å². The SMILES string of the molecule is O=C(Nc1ccc(SC(F)(F)F)cc1)C1CC(O)CN1. The van der Waals surface area contributed by atoms with Crippen LogP contribution in [0, 0.1) is 0 Å². The lowest BCUT2D eigenvalue weighted by Gasteiger charge is -2.11. The number of thioether (sulfide) groups is 1. The number of carbonyl (C=O) groups excluding carboxylic acids is 1. The Kier molecular flexibility index (Phi) is 4.56. The number of aliphatic hydroxyl groups excluding tert-OH is 1. The summed E-state index contributed by atoms with van der Waals surface area (Å²) in [5, 5.41) is 14.8. The summed E-state index contributed by atoms with van der Waals surface area (Å²) in [6.07, 6.45) is -0.218. The third-order valence-electron chi connectivity index (χ3n) is 2.78. The Hall–Kier alpha value is -1.25. The zero-order chi connectivity index (χ0) is 14.8. The van der Waals surface area contributed by atoms with E-state index in [1.807, 2.05) is 0 Å². The Balaban J connectivity index is 1.92. The van der Waals surface area contributed by atoms with Gasteiger partial charge < -0.3 is 15.7 Å². The lowest BCUT2D eigenvalue weighted by atomic mass is 10.2. The minimum absolute atomic E-state index is 0.0601. The molecule has 2 atom stereocenters. The first-order valence-corrected chi connectivity index (χ1v) is 6.73. The second-order valence-electron chi connectivity index (χ2n) is 4.41. The Bertz CT molecular complexity index is 479. The third-order valence-corrected chi connectivity index (χ3v) is 3.52. The molecule has 0 saturated carbocycles. The minimum Gasteiger partial charge on any atom is -0.392 e. The van der Waals surface area contributed by atoms with E-state index in [4.69, 9.17) is 0 Å². The fourth-order valence-electron chi connectivity index (χ4n) is 1.89. The Morgan fingerprint density at radius 1 is 1.35 bits per heavy atom. The molecule has 0 bridgehead atoms. The second kappa shape index (κ2) is 6.02. The average molecular weight is 306 g/mol. The molecule has 2 unspecified atom stereocenters. The number of carbonyl (C=O) groups is 1. The number of anilines is 1. The maximum Gasteiger partial charge on any atom is 0.446 e. The first-order chi connectivity index (χ1) is 9.33. The molecular formula is C12H13F3N2O2S. The molecule has 1 amide bonds. The van der Waals surface area contributed by atoms with E-state index in [2.05, 4.69) is 10.6 Å². The van der Waals surface area contributed by atoms with Gasteiger partial charge in [-0.25, -0.2) is 0 Å². The highest BCUT2D eigenvalue weighted by atomic mass is 32.2. The molecule has 1 aliphatic rings. The molecule has 0 spiro atoms. The zero-order valence-corrected chi connectivity index (χ0v) is 11.1. The first-order valence-electron chi connectivity index (χ1n) is 5.91. The highest BCUT2D eigenvalue weighted by Gasteiger charge is 2.29. The Morgan fingerprint density at radius 2 is 2.00 bits per heavy atom. The van der Waals surface area contributed by atoms with Gasteiger partial charge in [-0.15, -0.1) is 0 Å². The van der Waals surface area contributed by atoms with Crippen LogP contribution < -0.4 is 10.6 Å². The monoisotopic (exact) mass is 306 g/mol. The summed E-state index contributed by atoms with van der Waals surface area (Å²) in [7, 11) is 0. The smallest absolute Gasteiger partial charge is 0.392 e. The molecule has 0 radical (unpaired) electrons. The van der Waals surface area contributed by atoms with E-state index in [-0.39, 0.29) is 22.6 Å². The topological polar surface area (TPSA) is 61.4 Å². The number of nitrogens with one attached hydrogen (secondary N) is 2. The van der Waals surface area contributed by atoms with Crippen LogP contribution in [0.5, 0.6) is 0 Å². The van der Waals surface area contributed by atoms with Crippen LogP contribution in [0.1, 0.15) is 6.42 Å². The van der Waals surface area contributed by atoms with Crippen LogP contribution in [0.2, 0.25) is 0 Å². The number of aliphatic hydroxyl groups is 1. The van der Waals surface area contributed by atoms with Crippen LogP contribution in [-0.4, -0.2) is 35.2 Å². The van der Waals surface area contributed by atoms with Gasteiger partial charge in [0, 0.05) is 17.1 Å². The normalized spacial score (nSPS) is 22.8. The van der Waals surface area contributed by atoms with Crippen LogP contribution >= 0.6 is 11.8 Å². The predicted octanol–water partition coefficient (Wildman–Crippen LogP) is 1.96. The summed E-state index contributed by atoms with van der Waals surface area (Å²) in [5.74, 6) is -0.308. The maximum atomic E-state index is 12.2. The van der Waals surface area contributed by atoms with Gasteiger partial charge in [0.2, 0.25) is 5.91 Å². The molecule has 0 aromatic heterocycles. The quantitative estimate of drug-likeness (QED) is 0.747. The van der Waals surface area contributed by atoms with Crippen molar-refractivity contribution in [2.75, 3.05) is 11.9 Å². The minimum atomic E-state index is -4.32. The molecule has 2 rings (SSSR count). The molecule has 110 valence electrons. The number of halogens is 3.